The lowest BCUT2D eigenvalue weighted by atomic mass is 9.99. The highest BCUT2D eigenvalue weighted by molar-refractivity contribution is 5.76. The Morgan fingerprint density at radius 2 is 2.18 bits per heavy atom. The highest BCUT2D eigenvalue weighted by Gasteiger charge is 2.35. The predicted octanol–water partition coefficient (Wildman–Crippen LogP) is 2.24. The van der Waals surface area contributed by atoms with Gasteiger partial charge in [0.1, 0.15) is 0 Å². The van der Waals surface area contributed by atoms with Gasteiger partial charge in [0, 0.05) is 12.6 Å². The van der Waals surface area contributed by atoms with Crippen molar-refractivity contribution in [2.45, 2.75) is 31.7 Å². The molecule has 0 bridgehead atoms. The van der Waals surface area contributed by atoms with Crippen molar-refractivity contribution in [1.29, 1.82) is 0 Å². The Labute approximate surface area is 102 Å². The number of hydrogen-bond donors (Lipinski definition) is 2. The number of rotatable bonds is 6. The van der Waals surface area contributed by atoms with E-state index in [0.717, 1.165) is 11.5 Å². The van der Waals surface area contributed by atoms with Gasteiger partial charge in [0.2, 0.25) is 0 Å². The summed E-state index contributed by atoms with van der Waals surface area (Å²) in [5.74, 6) is -0.438. The summed E-state index contributed by atoms with van der Waals surface area (Å²) >= 11 is 0. The van der Waals surface area contributed by atoms with Gasteiger partial charge in [-0.25, -0.2) is 0 Å². The summed E-state index contributed by atoms with van der Waals surface area (Å²) in [7, 11) is 0. The van der Waals surface area contributed by atoms with Crippen molar-refractivity contribution < 1.29 is 9.90 Å². The van der Waals surface area contributed by atoms with E-state index in [1.807, 2.05) is 30.3 Å². The van der Waals surface area contributed by atoms with Gasteiger partial charge in [0.15, 0.2) is 0 Å². The summed E-state index contributed by atoms with van der Waals surface area (Å²) in [5.41, 5.74) is 0.876. The molecule has 92 valence electrons. The first-order valence-corrected chi connectivity index (χ1v) is 6.23. The zero-order valence-corrected chi connectivity index (χ0v) is 10.1. The van der Waals surface area contributed by atoms with Crippen LogP contribution in [0.1, 0.15) is 31.2 Å². The normalized spacial score (nSPS) is 24.3. The Morgan fingerprint density at radius 3 is 2.71 bits per heavy atom. The van der Waals surface area contributed by atoms with E-state index in [-0.39, 0.29) is 0 Å². The fourth-order valence-electron chi connectivity index (χ4n) is 2.25. The summed E-state index contributed by atoms with van der Waals surface area (Å²) in [6.07, 6.45) is 2.37. The highest BCUT2D eigenvalue weighted by atomic mass is 16.4. The topological polar surface area (TPSA) is 49.3 Å². The van der Waals surface area contributed by atoms with Crippen LogP contribution in [0.3, 0.4) is 0 Å². The van der Waals surface area contributed by atoms with Gasteiger partial charge < -0.3 is 10.4 Å². The zero-order valence-electron chi connectivity index (χ0n) is 10.1. The highest BCUT2D eigenvalue weighted by Crippen LogP contribution is 2.33. The van der Waals surface area contributed by atoms with Crippen LogP contribution in [-0.4, -0.2) is 23.7 Å². The van der Waals surface area contributed by atoms with Crippen molar-refractivity contribution >= 4 is 5.97 Å². The smallest absolute Gasteiger partial charge is 0.312 e. The lowest BCUT2D eigenvalue weighted by Crippen LogP contribution is -2.29. The zero-order chi connectivity index (χ0) is 12.3. The van der Waals surface area contributed by atoms with E-state index >= 15 is 0 Å². The maximum Gasteiger partial charge on any atom is 0.312 e. The van der Waals surface area contributed by atoms with E-state index in [9.17, 15) is 9.90 Å². The number of hydrogen-bond acceptors (Lipinski definition) is 2. The number of benzene rings is 1. The van der Waals surface area contributed by atoms with Crippen LogP contribution in [0.25, 0.3) is 0 Å². The average molecular weight is 233 g/mol. The molecule has 3 heteroatoms. The SMILES string of the molecule is CCC1CC1NCC(C(=O)O)c1ccccc1. The molecule has 0 radical (unpaired) electrons. The molecule has 17 heavy (non-hydrogen) atoms. The summed E-state index contributed by atoms with van der Waals surface area (Å²) in [6.45, 7) is 2.71. The van der Waals surface area contributed by atoms with Crippen LogP contribution >= 0.6 is 0 Å². The lowest BCUT2D eigenvalue weighted by molar-refractivity contribution is -0.138. The largest absolute Gasteiger partial charge is 0.481 e. The second-order valence-electron chi connectivity index (χ2n) is 4.72. The molecule has 2 rings (SSSR count). The molecule has 1 aliphatic carbocycles. The molecule has 0 spiro atoms. The van der Waals surface area contributed by atoms with E-state index in [2.05, 4.69) is 12.2 Å². The van der Waals surface area contributed by atoms with Crippen LogP contribution in [0, 0.1) is 5.92 Å². The molecule has 3 nitrogen and oxygen atoms in total. The molecular formula is C14H19NO2. The van der Waals surface area contributed by atoms with Gasteiger partial charge in [0.05, 0.1) is 5.92 Å². The van der Waals surface area contributed by atoms with Gasteiger partial charge in [0.25, 0.3) is 0 Å². The number of carboxylic acids is 1. The van der Waals surface area contributed by atoms with Crippen LogP contribution in [0.4, 0.5) is 0 Å². The molecule has 1 fully saturated rings. The van der Waals surface area contributed by atoms with Crippen molar-refractivity contribution in [3.05, 3.63) is 35.9 Å². The Kier molecular flexibility index (Phi) is 3.79. The minimum atomic E-state index is -0.752. The maximum atomic E-state index is 11.2. The van der Waals surface area contributed by atoms with Gasteiger partial charge in [-0.1, -0.05) is 43.7 Å². The van der Waals surface area contributed by atoms with Crippen molar-refractivity contribution in [2.24, 2.45) is 5.92 Å². The minimum absolute atomic E-state index is 0.436. The van der Waals surface area contributed by atoms with Gasteiger partial charge >= 0.3 is 5.97 Å². The molecule has 1 aliphatic rings. The molecule has 2 N–H and O–H groups in total. The van der Waals surface area contributed by atoms with Crippen LogP contribution in [-0.2, 0) is 4.79 Å². The third-order valence-corrected chi connectivity index (χ3v) is 3.53. The van der Waals surface area contributed by atoms with Gasteiger partial charge in [-0.05, 0) is 17.9 Å². The van der Waals surface area contributed by atoms with Gasteiger partial charge in [-0.15, -0.1) is 0 Å². The summed E-state index contributed by atoms with van der Waals surface area (Å²) in [6, 6.07) is 9.97. The maximum absolute atomic E-state index is 11.2. The first kappa shape index (κ1) is 12.1. The molecule has 0 heterocycles. The minimum Gasteiger partial charge on any atom is -0.481 e. The summed E-state index contributed by atoms with van der Waals surface area (Å²) in [4.78, 5) is 11.2. The molecule has 1 aromatic rings. The Hall–Kier alpha value is -1.35. The van der Waals surface area contributed by atoms with Crippen LogP contribution in [0.15, 0.2) is 30.3 Å². The molecule has 1 saturated carbocycles. The second kappa shape index (κ2) is 5.32. The molecule has 0 aromatic heterocycles. The summed E-state index contributed by atoms with van der Waals surface area (Å²) < 4.78 is 0. The molecule has 3 unspecified atom stereocenters. The Morgan fingerprint density at radius 1 is 1.47 bits per heavy atom. The standard InChI is InChI=1S/C14H19NO2/c1-2-10-8-13(10)15-9-12(14(16)17)11-6-4-3-5-7-11/h3-7,10,12-13,15H,2,8-9H2,1H3,(H,16,17). The molecule has 1 aromatic carbocycles. The quantitative estimate of drug-likeness (QED) is 0.792. The lowest BCUT2D eigenvalue weighted by Gasteiger charge is -2.13. The number of aliphatic carboxylic acids is 1. The van der Waals surface area contributed by atoms with Crippen LogP contribution in [0.5, 0.6) is 0 Å². The molecule has 0 amide bonds. The fraction of sp³-hybridized carbons (Fsp3) is 0.500. The fourth-order valence-corrected chi connectivity index (χ4v) is 2.25. The Balaban J connectivity index is 1.92. The van der Waals surface area contributed by atoms with Crippen LogP contribution in [0.2, 0.25) is 0 Å². The average Bonchev–Trinajstić information content (AvgIpc) is 3.09. The first-order chi connectivity index (χ1) is 8.22. The first-order valence-electron chi connectivity index (χ1n) is 6.23. The van der Waals surface area contributed by atoms with E-state index in [1.165, 1.54) is 12.8 Å². The van der Waals surface area contributed by atoms with Crippen molar-refractivity contribution in [3.63, 3.8) is 0 Å². The van der Waals surface area contributed by atoms with E-state index in [4.69, 9.17) is 0 Å². The van der Waals surface area contributed by atoms with Crippen LogP contribution < -0.4 is 5.32 Å². The van der Waals surface area contributed by atoms with E-state index in [0.29, 0.717) is 12.6 Å². The summed E-state index contributed by atoms with van der Waals surface area (Å²) in [5, 5.41) is 12.6. The Bertz CT molecular complexity index is 377. The van der Waals surface area contributed by atoms with E-state index in [1.54, 1.807) is 0 Å². The van der Waals surface area contributed by atoms with Gasteiger partial charge in [-0.3, -0.25) is 4.79 Å². The number of carboxylic acid groups (broad SMARTS) is 1. The monoisotopic (exact) mass is 233 g/mol. The van der Waals surface area contributed by atoms with Gasteiger partial charge in [-0.2, -0.15) is 0 Å². The molecule has 3 atom stereocenters. The number of nitrogens with one attached hydrogen (secondary N) is 1. The second-order valence-corrected chi connectivity index (χ2v) is 4.72. The third-order valence-electron chi connectivity index (χ3n) is 3.53. The third kappa shape index (κ3) is 3.07. The predicted molar refractivity (Wildman–Crippen MR) is 67.0 cm³/mol. The molecular weight excluding hydrogens is 214 g/mol. The molecule has 0 saturated heterocycles. The number of carbonyl (C=O) groups is 1. The van der Waals surface area contributed by atoms with Crippen molar-refractivity contribution in [1.82, 2.24) is 5.32 Å². The molecule has 0 aliphatic heterocycles. The van der Waals surface area contributed by atoms with Crippen molar-refractivity contribution in [2.75, 3.05) is 6.54 Å². The van der Waals surface area contributed by atoms with Crippen molar-refractivity contribution in [3.8, 4) is 0 Å². The van der Waals surface area contributed by atoms with E-state index < -0.39 is 11.9 Å².